The van der Waals surface area contributed by atoms with Crippen LogP contribution in [0.25, 0.3) is 0 Å². The second-order valence-corrected chi connectivity index (χ2v) is 6.46. The molecule has 1 aliphatic rings. The molecule has 2 N–H and O–H groups in total. The standard InChI is InChI=1S/C18H15Cl2N3O2/c19-14-7-6-11(8-15(14)20)9-22-23-18(25)16-13(10-21-17(16)24)12-4-2-1-3-5-12/h1-9,13,16H,10H2,(H,21,24)(H,23,25)/t13-,16+/m0/s1. The molecule has 1 aliphatic heterocycles. The number of nitrogens with one attached hydrogen (secondary N) is 2. The number of carbonyl (C=O) groups is 2. The van der Waals surface area contributed by atoms with Crippen molar-refractivity contribution in [3.63, 3.8) is 0 Å². The molecule has 3 rings (SSSR count). The van der Waals surface area contributed by atoms with Crippen LogP contribution in [0.15, 0.2) is 53.6 Å². The number of rotatable bonds is 4. The Balaban J connectivity index is 1.69. The molecule has 128 valence electrons. The number of hydrogen-bond acceptors (Lipinski definition) is 3. The van der Waals surface area contributed by atoms with Gasteiger partial charge in [-0.05, 0) is 23.3 Å². The fraction of sp³-hybridized carbons (Fsp3) is 0.167. The first-order chi connectivity index (χ1) is 12.1. The minimum absolute atomic E-state index is 0.214. The van der Waals surface area contributed by atoms with Gasteiger partial charge >= 0.3 is 0 Å². The van der Waals surface area contributed by atoms with Crippen LogP contribution in [-0.4, -0.2) is 24.6 Å². The van der Waals surface area contributed by atoms with Crippen molar-refractivity contribution in [1.82, 2.24) is 10.7 Å². The Hall–Kier alpha value is -2.37. The highest BCUT2D eigenvalue weighted by atomic mass is 35.5. The van der Waals surface area contributed by atoms with Crippen molar-refractivity contribution in [1.29, 1.82) is 0 Å². The topological polar surface area (TPSA) is 70.6 Å². The zero-order chi connectivity index (χ0) is 17.8. The molecule has 7 heteroatoms. The van der Waals surface area contributed by atoms with Crippen LogP contribution in [0.5, 0.6) is 0 Å². The lowest BCUT2D eigenvalue weighted by Gasteiger charge is -2.15. The lowest BCUT2D eigenvalue weighted by Crippen LogP contribution is -2.34. The summed E-state index contributed by atoms with van der Waals surface area (Å²) in [7, 11) is 0. The zero-order valence-corrected chi connectivity index (χ0v) is 14.6. The minimum Gasteiger partial charge on any atom is -0.355 e. The summed E-state index contributed by atoms with van der Waals surface area (Å²) in [5.41, 5.74) is 4.06. The first kappa shape index (κ1) is 17.5. The summed E-state index contributed by atoms with van der Waals surface area (Å²) < 4.78 is 0. The lowest BCUT2D eigenvalue weighted by atomic mass is 9.88. The highest BCUT2D eigenvalue weighted by Gasteiger charge is 2.40. The van der Waals surface area contributed by atoms with Crippen LogP contribution < -0.4 is 10.7 Å². The van der Waals surface area contributed by atoms with Gasteiger partial charge in [0.15, 0.2) is 0 Å². The second kappa shape index (κ2) is 7.68. The third kappa shape index (κ3) is 4.00. The fourth-order valence-corrected chi connectivity index (χ4v) is 3.07. The first-order valence-electron chi connectivity index (χ1n) is 7.67. The van der Waals surface area contributed by atoms with Crippen molar-refractivity contribution in [3.05, 3.63) is 69.7 Å². The lowest BCUT2D eigenvalue weighted by molar-refractivity contribution is -0.133. The summed E-state index contributed by atoms with van der Waals surface area (Å²) in [6.07, 6.45) is 1.45. The Labute approximate surface area is 155 Å². The molecule has 2 aromatic carbocycles. The number of benzene rings is 2. The van der Waals surface area contributed by atoms with E-state index in [0.29, 0.717) is 22.2 Å². The van der Waals surface area contributed by atoms with Crippen molar-refractivity contribution >= 4 is 41.2 Å². The number of halogens is 2. The summed E-state index contributed by atoms with van der Waals surface area (Å²) in [6, 6.07) is 14.5. The highest BCUT2D eigenvalue weighted by molar-refractivity contribution is 6.42. The van der Waals surface area contributed by atoms with Crippen LogP contribution in [0, 0.1) is 5.92 Å². The van der Waals surface area contributed by atoms with Crippen molar-refractivity contribution in [2.45, 2.75) is 5.92 Å². The van der Waals surface area contributed by atoms with Gasteiger partial charge < -0.3 is 5.32 Å². The smallest absolute Gasteiger partial charge is 0.253 e. The minimum atomic E-state index is -0.812. The summed E-state index contributed by atoms with van der Waals surface area (Å²) in [4.78, 5) is 24.5. The average Bonchev–Trinajstić information content (AvgIpc) is 3.00. The van der Waals surface area contributed by atoms with Crippen molar-refractivity contribution < 1.29 is 9.59 Å². The van der Waals surface area contributed by atoms with E-state index in [9.17, 15) is 9.59 Å². The van der Waals surface area contributed by atoms with E-state index < -0.39 is 11.8 Å². The normalized spacial score (nSPS) is 19.8. The Morgan fingerprint density at radius 1 is 1.16 bits per heavy atom. The van der Waals surface area contributed by atoms with E-state index in [1.807, 2.05) is 30.3 Å². The van der Waals surface area contributed by atoms with E-state index in [-0.39, 0.29) is 11.8 Å². The van der Waals surface area contributed by atoms with Crippen LogP contribution in [-0.2, 0) is 9.59 Å². The van der Waals surface area contributed by atoms with E-state index in [2.05, 4.69) is 15.8 Å². The molecule has 0 saturated carbocycles. The van der Waals surface area contributed by atoms with Gasteiger partial charge in [-0.15, -0.1) is 0 Å². The van der Waals surface area contributed by atoms with Crippen molar-refractivity contribution in [3.8, 4) is 0 Å². The largest absolute Gasteiger partial charge is 0.355 e. The molecular weight excluding hydrogens is 361 g/mol. The summed E-state index contributed by atoms with van der Waals surface area (Å²) >= 11 is 11.8. The molecule has 1 heterocycles. The van der Waals surface area contributed by atoms with Gasteiger partial charge in [-0.1, -0.05) is 59.6 Å². The third-order valence-corrected chi connectivity index (χ3v) is 4.76. The van der Waals surface area contributed by atoms with Gasteiger partial charge in [0.25, 0.3) is 5.91 Å². The molecule has 0 spiro atoms. The maximum Gasteiger partial charge on any atom is 0.253 e. The third-order valence-electron chi connectivity index (χ3n) is 4.02. The molecule has 1 fully saturated rings. The van der Waals surface area contributed by atoms with Crippen LogP contribution in [0.3, 0.4) is 0 Å². The van der Waals surface area contributed by atoms with Gasteiger partial charge in [0.1, 0.15) is 5.92 Å². The van der Waals surface area contributed by atoms with E-state index in [1.54, 1.807) is 18.2 Å². The van der Waals surface area contributed by atoms with Crippen LogP contribution in [0.4, 0.5) is 0 Å². The number of nitrogens with zero attached hydrogens (tertiary/aromatic N) is 1. The van der Waals surface area contributed by atoms with Crippen molar-refractivity contribution in [2.24, 2.45) is 11.0 Å². The molecule has 5 nitrogen and oxygen atoms in total. The first-order valence-corrected chi connectivity index (χ1v) is 8.42. The molecule has 0 aromatic heterocycles. The van der Waals surface area contributed by atoms with E-state index in [1.165, 1.54) is 6.21 Å². The Kier molecular flexibility index (Phi) is 5.36. The maximum absolute atomic E-state index is 12.4. The van der Waals surface area contributed by atoms with E-state index in [4.69, 9.17) is 23.2 Å². The SMILES string of the molecule is O=C1NC[C@@H](c2ccccc2)[C@H]1C(=O)NN=Cc1ccc(Cl)c(Cl)c1. The predicted molar refractivity (Wildman–Crippen MR) is 97.9 cm³/mol. The zero-order valence-electron chi connectivity index (χ0n) is 13.1. The number of hydrazone groups is 1. The Morgan fingerprint density at radius 3 is 2.64 bits per heavy atom. The van der Waals surface area contributed by atoms with Gasteiger partial charge in [0, 0.05) is 12.5 Å². The van der Waals surface area contributed by atoms with Gasteiger partial charge in [0.2, 0.25) is 5.91 Å². The number of hydrogen-bond donors (Lipinski definition) is 2. The number of carbonyl (C=O) groups excluding carboxylic acids is 2. The summed E-state index contributed by atoms with van der Waals surface area (Å²) in [6.45, 7) is 0.428. The molecule has 25 heavy (non-hydrogen) atoms. The monoisotopic (exact) mass is 375 g/mol. The van der Waals surface area contributed by atoms with E-state index in [0.717, 1.165) is 5.56 Å². The molecular formula is C18H15Cl2N3O2. The van der Waals surface area contributed by atoms with Crippen LogP contribution >= 0.6 is 23.2 Å². The van der Waals surface area contributed by atoms with Gasteiger partial charge in [-0.2, -0.15) is 5.10 Å². The molecule has 0 aliphatic carbocycles. The summed E-state index contributed by atoms with van der Waals surface area (Å²) in [5.74, 6) is -1.77. The molecule has 2 aromatic rings. The Bertz CT molecular complexity index is 824. The Morgan fingerprint density at radius 2 is 1.92 bits per heavy atom. The molecule has 0 bridgehead atoms. The molecule has 1 saturated heterocycles. The fourth-order valence-electron chi connectivity index (χ4n) is 2.77. The summed E-state index contributed by atoms with van der Waals surface area (Å²) in [5, 5.41) is 7.49. The van der Waals surface area contributed by atoms with Gasteiger partial charge in [-0.25, -0.2) is 5.43 Å². The van der Waals surface area contributed by atoms with Gasteiger partial charge in [0.05, 0.1) is 16.3 Å². The van der Waals surface area contributed by atoms with Crippen LogP contribution in [0.1, 0.15) is 17.0 Å². The van der Waals surface area contributed by atoms with E-state index >= 15 is 0 Å². The average molecular weight is 376 g/mol. The van der Waals surface area contributed by atoms with Crippen molar-refractivity contribution in [2.75, 3.05) is 6.54 Å². The molecule has 0 unspecified atom stereocenters. The highest BCUT2D eigenvalue weighted by Crippen LogP contribution is 2.29. The molecule has 0 radical (unpaired) electrons. The second-order valence-electron chi connectivity index (χ2n) is 5.65. The van der Waals surface area contributed by atoms with Crippen LogP contribution in [0.2, 0.25) is 10.0 Å². The quantitative estimate of drug-likeness (QED) is 0.489. The molecule has 2 amide bonds. The maximum atomic E-state index is 12.4. The molecule has 2 atom stereocenters. The number of amides is 2. The predicted octanol–water partition coefficient (Wildman–Crippen LogP) is 2.97. The van der Waals surface area contributed by atoms with Gasteiger partial charge in [-0.3, -0.25) is 9.59 Å².